The predicted octanol–water partition coefficient (Wildman–Crippen LogP) is 3.51. The van der Waals surface area contributed by atoms with Crippen LogP contribution in [0.15, 0.2) is 28.7 Å². The van der Waals surface area contributed by atoms with Gasteiger partial charge >= 0.3 is 0 Å². The van der Waals surface area contributed by atoms with Crippen LogP contribution in [0.2, 0.25) is 0 Å². The molecule has 116 valence electrons. The van der Waals surface area contributed by atoms with E-state index in [2.05, 4.69) is 21.2 Å². The molecule has 2 atom stereocenters. The third kappa shape index (κ3) is 3.61. The number of hydrogen-bond acceptors (Lipinski definition) is 2. The predicted molar refractivity (Wildman–Crippen MR) is 90.7 cm³/mol. The largest absolute Gasteiger partial charge is 0.349 e. The maximum absolute atomic E-state index is 12.5. The van der Waals surface area contributed by atoms with Gasteiger partial charge in [-0.2, -0.15) is 0 Å². The molecule has 2 bridgehead atoms. The number of carbonyl (C=O) groups excluding carboxylic acids is 1. The number of benzene rings is 1. The summed E-state index contributed by atoms with van der Waals surface area (Å²) in [4.78, 5) is 12.5. The van der Waals surface area contributed by atoms with Crippen LogP contribution >= 0.6 is 28.3 Å². The molecule has 3 nitrogen and oxygen atoms in total. The summed E-state index contributed by atoms with van der Waals surface area (Å²) >= 11 is 3.45. The fraction of sp³-hybridized carbons (Fsp3) is 0.562. The standard InChI is InChI=1S/C16H21BrN2O.ClH/c17-14-7-2-1-6-13(14)16(20)19-15-10-4-3-5-11(15)9-12(18)8-10;/h1-2,6-7,10-12,15H,3-5,8-9,18H2,(H,19,20);1H. The van der Waals surface area contributed by atoms with Crippen LogP contribution < -0.4 is 11.1 Å². The molecule has 1 amide bonds. The number of nitrogens with one attached hydrogen (secondary N) is 1. The second-order valence-corrected chi connectivity index (χ2v) is 7.02. The van der Waals surface area contributed by atoms with Crippen LogP contribution in [0.25, 0.3) is 0 Å². The van der Waals surface area contributed by atoms with Crippen LogP contribution in [0, 0.1) is 11.8 Å². The van der Waals surface area contributed by atoms with Crippen LogP contribution in [0.5, 0.6) is 0 Å². The third-order valence-corrected chi connectivity index (χ3v) is 5.48. The van der Waals surface area contributed by atoms with E-state index in [1.165, 1.54) is 19.3 Å². The van der Waals surface area contributed by atoms with Gasteiger partial charge in [-0.1, -0.05) is 18.6 Å². The Balaban J connectivity index is 0.00000161. The SMILES string of the molecule is Cl.NC1CC2CCCC(C1)C2NC(=O)c1ccccc1Br. The Morgan fingerprint density at radius 2 is 1.81 bits per heavy atom. The van der Waals surface area contributed by atoms with Gasteiger partial charge in [0, 0.05) is 16.6 Å². The van der Waals surface area contributed by atoms with Gasteiger partial charge < -0.3 is 11.1 Å². The van der Waals surface area contributed by atoms with E-state index in [-0.39, 0.29) is 18.3 Å². The van der Waals surface area contributed by atoms with Crippen molar-refractivity contribution in [1.29, 1.82) is 0 Å². The lowest BCUT2D eigenvalue weighted by atomic mass is 9.67. The van der Waals surface area contributed by atoms with Crippen molar-refractivity contribution >= 4 is 34.2 Å². The average Bonchev–Trinajstić information content (AvgIpc) is 2.40. The van der Waals surface area contributed by atoms with Crippen molar-refractivity contribution in [2.24, 2.45) is 17.6 Å². The summed E-state index contributed by atoms with van der Waals surface area (Å²) in [5.74, 6) is 1.16. The lowest BCUT2D eigenvalue weighted by Gasteiger charge is -2.45. The summed E-state index contributed by atoms with van der Waals surface area (Å²) in [5.41, 5.74) is 6.86. The molecule has 2 unspecified atom stereocenters. The van der Waals surface area contributed by atoms with Crippen molar-refractivity contribution in [3.8, 4) is 0 Å². The average molecular weight is 374 g/mol. The van der Waals surface area contributed by atoms with E-state index in [9.17, 15) is 4.79 Å². The van der Waals surface area contributed by atoms with Crippen LogP contribution in [0.3, 0.4) is 0 Å². The van der Waals surface area contributed by atoms with Crippen LogP contribution in [0.1, 0.15) is 42.5 Å². The number of fused-ring (bicyclic) bond motifs is 2. The number of carbonyl (C=O) groups is 1. The second kappa shape index (κ2) is 7.12. The smallest absolute Gasteiger partial charge is 0.252 e. The highest BCUT2D eigenvalue weighted by atomic mass is 79.9. The number of rotatable bonds is 2. The molecule has 21 heavy (non-hydrogen) atoms. The van der Waals surface area contributed by atoms with Crippen LogP contribution in [0.4, 0.5) is 0 Å². The van der Waals surface area contributed by atoms with Gasteiger partial charge in [-0.15, -0.1) is 12.4 Å². The first-order valence-corrected chi connectivity index (χ1v) is 8.25. The fourth-order valence-corrected chi connectivity index (χ4v) is 4.36. The number of amides is 1. The molecule has 2 aliphatic rings. The molecule has 3 N–H and O–H groups in total. The minimum absolute atomic E-state index is 0. The minimum atomic E-state index is 0. The Morgan fingerprint density at radius 1 is 1.19 bits per heavy atom. The summed E-state index contributed by atoms with van der Waals surface area (Å²) < 4.78 is 0.857. The zero-order valence-electron chi connectivity index (χ0n) is 11.9. The van der Waals surface area contributed by atoms with Crippen LogP contribution in [-0.2, 0) is 0 Å². The maximum atomic E-state index is 12.5. The van der Waals surface area contributed by atoms with Crippen molar-refractivity contribution in [2.75, 3.05) is 0 Å². The highest BCUT2D eigenvalue weighted by molar-refractivity contribution is 9.10. The topological polar surface area (TPSA) is 55.1 Å². The van der Waals surface area contributed by atoms with E-state index in [0.29, 0.717) is 23.9 Å². The lowest BCUT2D eigenvalue weighted by Crippen LogP contribution is -2.53. The van der Waals surface area contributed by atoms with Gasteiger partial charge in [-0.3, -0.25) is 4.79 Å². The zero-order valence-corrected chi connectivity index (χ0v) is 14.3. The van der Waals surface area contributed by atoms with E-state index < -0.39 is 0 Å². The first-order valence-electron chi connectivity index (χ1n) is 7.46. The number of hydrogen-bond donors (Lipinski definition) is 2. The van der Waals surface area contributed by atoms with E-state index in [0.717, 1.165) is 22.9 Å². The van der Waals surface area contributed by atoms with E-state index >= 15 is 0 Å². The van der Waals surface area contributed by atoms with Gasteiger partial charge in [0.2, 0.25) is 0 Å². The Bertz CT molecular complexity index is 497. The van der Waals surface area contributed by atoms with E-state index in [1.54, 1.807) is 0 Å². The summed E-state index contributed by atoms with van der Waals surface area (Å²) in [5, 5.41) is 3.27. The van der Waals surface area contributed by atoms with Crippen molar-refractivity contribution < 1.29 is 4.79 Å². The zero-order chi connectivity index (χ0) is 14.1. The molecule has 5 heteroatoms. The van der Waals surface area contributed by atoms with Gasteiger partial charge in [0.25, 0.3) is 5.91 Å². The molecular weight excluding hydrogens is 352 g/mol. The molecule has 0 aromatic heterocycles. The quantitative estimate of drug-likeness (QED) is 0.833. The first kappa shape index (κ1) is 16.8. The first-order chi connectivity index (χ1) is 9.65. The van der Waals surface area contributed by atoms with E-state index in [1.807, 2.05) is 24.3 Å². The molecule has 0 radical (unpaired) electrons. The Hall–Kier alpha value is -0.580. The third-order valence-electron chi connectivity index (χ3n) is 4.79. The number of halogens is 2. The molecule has 0 saturated heterocycles. The van der Waals surface area contributed by atoms with Crippen LogP contribution in [-0.4, -0.2) is 18.0 Å². The van der Waals surface area contributed by atoms with E-state index in [4.69, 9.17) is 5.73 Å². The normalized spacial score (nSPS) is 31.1. The molecule has 2 fully saturated rings. The van der Waals surface area contributed by atoms with Gasteiger partial charge in [-0.05, 0) is 65.6 Å². The molecule has 0 aliphatic heterocycles. The van der Waals surface area contributed by atoms with Crippen molar-refractivity contribution in [3.05, 3.63) is 34.3 Å². The van der Waals surface area contributed by atoms with Crippen molar-refractivity contribution in [1.82, 2.24) is 5.32 Å². The minimum Gasteiger partial charge on any atom is -0.349 e. The van der Waals surface area contributed by atoms with Crippen molar-refractivity contribution in [3.63, 3.8) is 0 Å². The Labute approximate surface area is 140 Å². The summed E-state index contributed by atoms with van der Waals surface area (Å²) in [6.07, 6.45) is 5.79. The lowest BCUT2D eigenvalue weighted by molar-refractivity contribution is 0.0755. The van der Waals surface area contributed by atoms with Gasteiger partial charge in [0.1, 0.15) is 0 Å². The molecule has 1 aromatic rings. The van der Waals surface area contributed by atoms with Gasteiger partial charge in [-0.25, -0.2) is 0 Å². The Kier molecular flexibility index (Phi) is 5.69. The maximum Gasteiger partial charge on any atom is 0.252 e. The summed E-state index contributed by atoms with van der Waals surface area (Å²) in [7, 11) is 0. The molecule has 2 saturated carbocycles. The molecule has 2 aliphatic carbocycles. The summed E-state index contributed by atoms with van der Waals surface area (Å²) in [6.45, 7) is 0. The molecule has 3 rings (SSSR count). The van der Waals surface area contributed by atoms with Crippen molar-refractivity contribution in [2.45, 2.75) is 44.2 Å². The van der Waals surface area contributed by atoms with Gasteiger partial charge in [0.15, 0.2) is 0 Å². The van der Waals surface area contributed by atoms with Gasteiger partial charge in [0.05, 0.1) is 5.56 Å². The molecule has 0 spiro atoms. The fourth-order valence-electron chi connectivity index (χ4n) is 3.90. The molecule has 0 heterocycles. The molecular formula is C16H22BrClN2O. The summed E-state index contributed by atoms with van der Waals surface area (Å²) in [6, 6.07) is 8.23. The number of nitrogens with two attached hydrogens (primary N) is 1. The molecule has 1 aromatic carbocycles. The Morgan fingerprint density at radius 3 is 2.43 bits per heavy atom. The highest BCUT2D eigenvalue weighted by Gasteiger charge is 2.40. The second-order valence-electron chi connectivity index (χ2n) is 6.16. The monoisotopic (exact) mass is 372 g/mol. The highest BCUT2D eigenvalue weighted by Crippen LogP contribution is 2.39.